The van der Waals surface area contributed by atoms with E-state index in [2.05, 4.69) is 15.2 Å². The number of benzene rings is 1. The highest BCUT2D eigenvalue weighted by Crippen LogP contribution is 2.37. The Hall–Kier alpha value is -3.82. The van der Waals surface area contributed by atoms with E-state index >= 15 is 0 Å². The first-order valence-electron chi connectivity index (χ1n) is 9.81. The summed E-state index contributed by atoms with van der Waals surface area (Å²) in [6, 6.07) is 3.32. The minimum Gasteiger partial charge on any atom is -0.496 e. The van der Waals surface area contributed by atoms with E-state index in [1.165, 1.54) is 14.2 Å². The number of Topliss-reactive ketones (excluding diaryl/α,β-unsaturated/α-hetero) is 1. The SMILES string of the molecule is COc1cc(-c2cnn3cc(-c4cnn(C)c4)cnc23)cc(OC)c1C(=O)CCC(F)F. The molecule has 3 heterocycles. The van der Waals surface area contributed by atoms with Crippen LogP contribution in [-0.4, -0.2) is 50.8 Å². The molecule has 8 nitrogen and oxygen atoms in total. The molecule has 0 saturated heterocycles. The van der Waals surface area contributed by atoms with Gasteiger partial charge in [0.25, 0.3) is 0 Å². The van der Waals surface area contributed by atoms with E-state index in [-0.39, 0.29) is 23.5 Å². The third-order valence-corrected chi connectivity index (χ3v) is 5.08. The van der Waals surface area contributed by atoms with Crippen LogP contribution in [0.4, 0.5) is 8.78 Å². The molecule has 0 amide bonds. The molecule has 0 unspecified atom stereocenters. The lowest BCUT2D eigenvalue weighted by molar-refractivity contribution is 0.0903. The zero-order valence-electron chi connectivity index (χ0n) is 17.7. The van der Waals surface area contributed by atoms with E-state index in [1.807, 2.05) is 19.4 Å². The average molecular weight is 441 g/mol. The van der Waals surface area contributed by atoms with Gasteiger partial charge in [-0.1, -0.05) is 0 Å². The van der Waals surface area contributed by atoms with Gasteiger partial charge >= 0.3 is 0 Å². The smallest absolute Gasteiger partial charge is 0.239 e. The van der Waals surface area contributed by atoms with Crippen LogP contribution in [0.2, 0.25) is 0 Å². The van der Waals surface area contributed by atoms with Gasteiger partial charge in [0.2, 0.25) is 6.43 Å². The van der Waals surface area contributed by atoms with Gasteiger partial charge in [-0.05, 0) is 17.7 Å². The molecule has 1 aromatic carbocycles. The van der Waals surface area contributed by atoms with Gasteiger partial charge in [0, 0.05) is 55.2 Å². The topological polar surface area (TPSA) is 83.5 Å². The lowest BCUT2D eigenvalue weighted by atomic mass is 9.99. The summed E-state index contributed by atoms with van der Waals surface area (Å²) in [4.78, 5) is 17.1. The summed E-state index contributed by atoms with van der Waals surface area (Å²) in [7, 11) is 4.66. The van der Waals surface area contributed by atoms with E-state index in [0.29, 0.717) is 16.8 Å². The number of ether oxygens (including phenoxy) is 2. The summed E-state index contributed by atoms with van der Waals surface area (Å²) in [6.45, 7) is 0. The van der Waals surface area contributed by atoms with E-state index in [4.69, 9.17) is 9.47 Å². The van der Waals surface area contributed by atoms with E-state index in [9.17, 15) is 13.6 Å². The Labute approximate surface area is 182 Å². The Kier molecular flexibility index (Phi) is 5.85. The van der Waals surface area contributed by atoms with Gasteiger partial charge in [0.05, 0.1) is 26.6 Å². The van der Waals surface area contributed by atoms with Crippen LogP contribution in [0.25, 0.3) is 27.9 Å². The van der Waals surface area contributed by atoms with Crippen molar-refractivity contribution in [2.75, 3.05) is 14.2 Å². The van der Waals surface area contributed by atoms with Crippen molar-refractivity contribution < 1.29 is 23.0 Å². The van der Waals surface area contributed by atoms with Crippen molar-refractivity contribution in [2.24, 2.45) is 7.05 Å². The number of halogens is 2. The van der Waals surface area contributed by atoms with E-state index < -0.39 is 18.6 Å². The quantitative estimate of drug-likeness (QED) is 0.384. The first kappa shape index (κ1) is 21.4. The van der Waals surface area contributed by atoms with Gasteiger partial charge in [-0.15, -0.1) is 0 Å². The van der Waals surface area contributed by atoms with Gasteiger partial charge < -0.3 is 9.47 Å². The van der Waals surface area contributed by atoms with Gasteiger partial charge in [-0.2, -0.15) is 10.2 Å². The van der Waals surface area contributed by atoms with Crippen molar-refractivity contribution in [1.29, 1.82) is 0 Å². The lowest BCUT2D eigenvalue weighted by Gasteiger charge is -2.14. The average Bonchev–Trinajstić information content (AvgIpc) is 3.42. The minimum absolute atomic E-state index is 0.141. The molecule has 0 radical (unpaired) electrons. The molecule has 0 spiro atoms. The highest BCUT2D eigenvalue weighted by atomic mass is 19.3. The van der Waals surface area contributed by atoms with Crippen molar-refractivity contribution in [1.82, 2.24) is 24.4 Å². The molecule has 0 atom stereocenters. The van der Waals surface area contributed by atoms with Crippen LogP contribution >= 0.6 is 0 Å². The molecule has 0 fully saturated rings. The normalized spacial score (nSPS) is 11.3. The molecular weight excluding hydrogens is 420 g/mol. The van der Waals surface area contributed by atoms with Crippen molar-refractivity contribution in [3.8, 4) is 33.8 Å². The Bertz CT molecular complexity index is 1260. The molecule has 0 aliphatic carbocycles. The number of hydrogen-bond donors (Lipinski definition) is 0. The third-order valence-electron chi connectivity index (χ3n) is 5.08. The summed E-state index contributed by atoms with van der Waals surface area (Å²) >= 11 is 0. The van der Waals surface area contributed by atoms with Crippen molar-refractivity contribution in [2.45, 2.75) is 19.3 Å². The summed E-state index contributed by atoms with van der Waals surface area (Å²) in [5.41, 5.74) is 3.87. The number of alkyl halides is 2. The standard InChI is InChI=1S/C22H21F2N5O3/c1-28-11-15(9-26-28)14-8-25-22-16(10-27-29(22)12-14)13-6-18(31-2)21(19(7-13)32-3)17(30)4-5-20(23)24/h6-12,20H,4-5H2,1-3H3. The van der Waals surface area contributed by atoms with Crippen LogP contribution in [0, 0.1) is 0 Å². The maximum absolute atomic E-state index is 12.6. The van der Waals surface area contributed by atoms with Crippen LogP contribution < -0.4 is 9.47 Å². The molecule has 0 N–H and O–H groups in total. The maximum Gasteiger partial charge on any atom is 0.239 e. The fourth-order valence-electron chi connectivity index (χ4n) is 3.51. The number of ketones is 1. The molecule has 0 aliphatic rings. The molecule has 3 aromatic heterocycles. The molecule has 32 heavy (non-hydrogen) atoms. The monoisotopic (exact) mass is 441 g/mol. The highest BCUT2D eigenvalue weighted by molar-refractivity contribution is 6.02. The van der Waals surface area contributed by atoms with E-state index in [1.54, 1.807) is 39.9 Å². The summed E-state index contributed by atoms with van der Waals surface area (Å²) in [6.07, 6.45) is 5.47. The Balaban J connectivity index is 1.75. The number of aryl methyl sites for hydroxylation is 1. The van der Waals surface area contributed by atoms with Crippen molar-refractivity contribution in [3.63, 3.8) is 0 Å². The summed E-state index contributed by atoms with van der Waals surface area (Å²) in [5, 5.41) is 8.57. The Morgan fingerprint density at radius 1 is 1.00 bits per heavy atom. The third kappa shape index (κ3) is 4.03. The molecule has 166 valence electrons. The number of carbonyl (C=O) groups is 1. The predicted molar refractivity (Wildman–Crippen MR) is 113 cm³/mol. The van der Waals surface area contributed by atoms with Crippen LogP contribution in [-0.2, 0) is 7.05 Å². The first-order chi connectivity index (χ1) is 15.4. The highest BCUT2D eigenvalue weighted by Gasteiger charge is 2.22. The van der Waals surface area contributed by atoms with Crippen LogP contribution in [0.5, 0.6) is 11.5 Å². The van der Waals surface area contributed by atoms with Crippen molar-refractivity contribution >= 4 is 11.4 Å². The van der Waals surface area contributed by atoms with Crippen LogP contribution in [0.1, 0.15) is 23.2 Å². The molecule has 0 bridgehead atoms. The van der Waals surface area contributed by atoms with Gasteiger partial charge in [0.1, 0.15) is 17.1 Å². The fraction of sp³-hybridized carbons (Fsp3) is 0.273. The largest absolute Gasteiger partial charge is 0.496 e. The summed E-state index contributed by atoms with van der Waals surface area (Å²) < 4.78 is 39.3. The van der Waals surface area contributed by atoms with E-state index in [0.717, 1.165) is 11.1 Å². The first-order valence-corrected chi connectivity index (χ1v) is 9.81. The zero-order chi connectivity index (χ0) is 22.8. The molecule has 4 aromatic rings. The summed E-state index contributed by atoms with van der Waals surface area (Å²) in [5.74, 6) is 0.0135. The maximum atomic E-state index is 12.6. The number of nitrogens with zero attached hydrogens (tertiary/aromatic N) is 5. The van der Waals surface area contributed by atoms with Gasteiger partial charge in [-0.3, -0.25) is 9.48 Å². The molecular formula is C22H21F2N5O3. The Morgan fingerprint density at radius 3 is 2.28 bits per heavy atom. The second-order valence-electron chi connectivity index (χ2n) is 7.18. The van der Waals surface area contributed by atoms with Crippen LogP contribution in [0.15, 0.2) is 43.1 Å². The number of aromatic nitrogens is 5. The number of fused-ring (bicyclic) bond motifs is 1. The number of rotatable bonds is 8. The zero-order valence-corrected chi connectivity index (χ0v) is 17.7. The second kappa shape index (κ2) is 8.74. The number of hydrogen-bond acceptors (Lipinski definition) is 6. The van der Waals surface area contributed by atoms with Crippen LogP contribution in [0.3, 0.4) is 0 Å². The Morgan fingerprint density at radius 2 is 1.69 bits per heavy atom. The fourth-order valence-corrected chi connectivity index (χ4v) is 3.51. The predicted octanol–water partition coefficient (Wildman–Crippen LogP) is 4.04. The lowest BCUT2D eigenvalue weighted by Crippen LogP contribution is -2.07. The molecule has 10 heteroatoms. The molecule has 0 saturated carbocycles. The molecule has 4 rings (SSSR count). The van der Waals surface area contributed by atoms with Gasteiger partial charge in [-0.25, -0.2) is 18.3 Å². The number of methoxy groups -OCH3 is 2. The molecule has 0 aliphatic heterocycles. The number of carbonyl (C=O) groups excluding carboxylic acids is 1. The minimum atomic E-state index is -2.56. The van der Waals surface area contributed by atoms with Gasteiger partial charge in [0.15, 0.2) is 11.4 Å². The van der Waals surface area contributed by atoms with Crippen molar-refractivity contribution in [3.05, 3.63) is 48.7 Å². The second-order valence-corrected chi connectivity index (χ2v) is 7.18.